The van der Waals surface area contributed by atoms with Gasteiger partial charge in [-0.05, 0) is 43.3 Å². The Bertz CT molecular complexity index is 1470. The van der Waals surface area contributed by atoms with Crippen molar-refractivity contribution < 1.29 is 27.5 Å². The molecule has 4 rings (SSSR count). The smallest absolute Gasteiger partial charge is 0.346 e. The van der Waals surface area contributed by atoms with Gasteiger partial charge in [0.1, 0.15) is 5.75 Å². The lowest BCUT2D eigenvalue weighted by molar-refractivity contribution is -0.138. The summed E-state index contributed by atoms with van der Waals surface area (Å²) in [4.78, 5) is 28.7. The predicted octanol–water partition coefficient (Wildman–Crippen LogP) is 3.57. The third kappa shape index (κ3) is 5.62. The van der Waals surface area contributed by atoms with Crippen LogP contribution in [-0.4, -0.2) is 38.1 Å². The Morgan fingerprint density at radius 2 is 1.72 bits per heavy atom. The fourth-order valence-corrected chi connectivity index (χ4v) is 4.88. The second kappa shape index (κ2) is 10.7. The molecular formula is C26H25N3O6S. The fraction of sp³-hybridized carbons (Fsp3) is 0.154. The van der Waals surface area contributed by atoms with Gasteiger partial charge >= 0.3 is 11.9 Å². The van der Waals surface area contributed by atoms with Gasteiger partial charge in [-0.2, -0.15) is 4.72 Å². The molecule has 0 unspecified atom stereocenters. The van der Waals surface area contributed by atoms with Gasteiger partial charge < -0.3 is 20.2 Å². The number of nitrogens with one attached hydrogen (secondary N) is 2. The minimum Gasteiger partial charge on any atom is -0.493 e. The van der Waals surface area contributed by atoms with Crippen LogP contribution in [0.4, 0.5) is 0 Å². The Hall–Kier alpha value is -3.99. The lowest BCUT2D eigenvalue weighted by atomic mass is 10.0. The highest BCUT2D eigenvalue weighted by molar-refractivity contribution is 7.89. The number of H-pyrrole nitrogens is 1. The molecule has 0 amide bonds. The van der Waals surface area contributed by atoms with Crippen molar-refractivity contribution in [2.75, 3.05) is 6.61 Å². The third-order valence-corrected chi connectivity index (χ3v) is 6.80. The van der Waals surface area contributed by atoms with Crippen LogP contribution in [0.3, 0.4) is 0 Å². The number of hydrogen-bond donors (Lipinski definition) is 3. The summed E-state index contributed by atoms with van der Waals surface area (Å²) in [7, 11) is -3.94. The van der Waals surface area contributed by atoms with Gasteiger partial charge in [0.2, 0.25) is 10.0 Å². The van der Waals surface area contributed by atoms with Crippen LogP contribution in [0.5, 0.6) is 5.75 Å². The van der Waals surface area contributed by atoms with Gasteiger partial charge in [0, 0.05) is 10.9 Å². The number of fused-ring (bicyclic) bond motifs is 1. The van der Waals surface area contributed by atoms with E-state index in [0.717, 1.165) is 10.9 Å². The minimum absolute atomic E-state index is 0.000564. The van der Waals surface area contributed by atoms with Crippen molar-refractivity contribution in [1.82, 2.24) is 9.71 Å². The SMILES string of the molecule is CCOc1cccc(C(=O)OC(=O)C[C@@H](N)NS(=O)(=O)c2ccccc2)c1-c1cc2ccccc2[nH]1. The molecule has 10 heteroatoms. The zero-order chi connectivity index (χ0) is 25.7. The molecule has 0 bridgehead atoms. The maximum absolute atomic E-state index is 13.0. The quantitative estimate of drug-likeness (QED) is 0.179. The summed E-state index contributed by atoms with van der Waals surface area (Å²) in [6, 6.07) is 22.0. The Morgan fingerprint density at radius 1 is 1.00 bits per heavy atom. The Morgan fingerprint density at radius 3 is 2.44 bits per heavy atom. The molecular weight excluding hydrogens is 482 g/mol. The van der Waals surface area contributed by atoms with Crippen LogP contribution in [0.15, 0.2) is 83.8 Å². The summed E-state index contributed by atoms with van der Waals surface area (Å²) in [6.45, 7) is 2.18. The fourth-order valence-electron chi connectivity index (χ4n) is 3.75. The van der Waals surface area contributed by atoms with Crippen LogP contribution < -0.4 is 15.2 Å². The second-order valence-electron chi connectivity index (χ2n) is 7.89. The lowest BCUT2D eigenvalue weighted by Gasteiger charge is -2.15. The summed E-state index contributed by atoms with van der Waals surface area (Å²) >= 11 is 0. The number of rotatable bonds is 9. The number of benzene rings is 3. The molecule has 4 aromatic rings. The molecule has 9 nitrogen and oxygen atoms in total. The third-order valence-electron chi connectivity index (χ3n) is 5.30. The molecule has 1 atom stereocenters. The van der Waals surface area contributed by atoms with Crippen molar-refractivity contribution in [3.8, 4) is 17.0 Å². The van der Waals surface area contributed by atoms with Crippen LogP contribution in [0, 0.1) is 0 Å². The van der Waals surface area contributed by atoms with Crippen LogP contribution in [-0.2, 0) is 19.6 Å². The van der Waals surface area contributed by atoms with Crippen molar-refractivity contribution in [1.29, 1.82) is 0 Å². The number of ether oxygens (including phenoxy) is 2. The first-order chi connectivity index (χ1) is 17.3. The number of para-hydroxylation sites is 1. The molecule has 0 aliphatic carbocycles. The van der Waals surface area contributed by atoms with Crippen molar-refractivity contribution in [2.24, 2.45) is 5.73 Å². The normalized spacial score (nSPS) is 12.3. The average molecular weight is 508 g/mol. The maximum Gasteiger partial charge on any atom is 0.346 e. The van der Waals surface area contributed by atoms with E-state index < -0.39 is 34.5 Å². The minimum atomic E-state index is -3.94. The van der Waals surface area contributed by atoms with E-state index in [4.69, 9.17) is 15.2 Å². The van der Waals surface area contributed by atoms with Gasteiger partial charge in [0.05, 0.1) is 40.9 Å². The Kier molecular flexibility index (Phi) is 7.49. The molecule has 4 N–H and O–H groups in total. The molecule has 0 aliphatic rings. The molecule has 186 valence electrons. The summed E-state index contributed by atoms with van der Waals surface area (Å²) in [5.74, 6) is -1.45. The molecule has 0 aliphatic heterocycles. The van der Waals surface area contributed by atoms with Gasteiger partial charge in [0.15, 0.2) is 0 Å². The average Bonchev–Trinajstić information content (AvgIpc) is 3.28. The van der Waals surface area contributed by atoms with E-state index in [9.17, 15) is 18.0 Å². The van der Waals surface area contributed by atoms with Gasteiger partial charge in [0.25, 0.3) is 0 Å². The number of carbonyl (C=O) groups is 2. The molecule has 1 heterocycles. The number of nitrogens with two attached hydrogens (primary N) is 1. The summed E-state index contributed by atoms with van der Waals surface area (Å²) < 4.78 is 37.8. The second-order valence-corrected chi connectivity index (χ2v) is 9.60. The molecule has 0 saturated heterocycles. The molecule has 0 fully saturated rings. The first-order valence-corrected chi connectivity index (χ1v) is 12.7. The number of sulfonamides is 1. The van der Waals surface area contributed by atoms with Crippen LogP contribution >= 0.6 is 0 Å². The zero-order valence-electron chi connectivity index (χ0n) is 19.4. The number of aromatic amines is 1. The highest BCUT2D eigenvalue weighted by Gasteiger charge is 2.25. The maximum atomic E-state index is 13.0. The summed E-state index contributed by atoms with van der Waals surface area (Å²) in [5, 5.41) is 0.936. The largest absolute Gasteiger partial charge is 0.493 e. The van der Waals surface area contributed by atoms with E-state index in [0.29, 0.717) is 23.6 Å². The van der Waals surface area contributed by atoms with E-state index >= 15 is 0 Å². The zero-order valence-corrected chi connectivity index (χ0v) is 20.2. The first-order valence-electron chi connectivity index (χ1n) is 11.2. The molecule has 0 radical (unpaired) electrons. The summed E-state index contributed by atoms with van der Waals surface area (Å²) in [6.07, 6.45) is -1.84. The Balaban J connectivity index is 1.53. The van der Waals surface area contributed by atoms with Gasteiger partial charge in [-0.15, -0.1) is 0 Å². The summed E-state index contributed by atoms with van der Waals surface area (Å²) in [5.41, 5.74) is 7.85. The highest BCUT2D eigenvalue weighted by Crippen LogP contribution is 2.35. The van der Waals surface area contributed by atoms with Crippen molar-refractivity contribution in [2.45, 2.75) is 24.4 Å². The van der Waals surface area contributed by atoms with E-state index in [-0.39, 0.29) is 10.5 Å². The number of hydrogen-bond acceptors (Lipinski definition) is 7. The molecule has 1 aromatic heterocycles. The van der Waals surface area contributed by atoms with Crippen LogP contribution in [0.25, 0.3) is 22.2 Å². The van der Waals surface area contributed by atoms with E-state index in [1.807, 2.05) is 37.3 Å². The van der Waals surface area contributed by atoms with Gasteiger partial charge in [-0.3, -0.25) is 4.79 Å². The van der Waals surface area contributed by atoms with Crippen molar-refractivity contribution in [3.05, 3.63) is 84.4 Å². The number of esters is 2. The predicted molar refractivity (Wildman–Crippen MR) is 135 cm³/mol. The van der Waals surface area contributed by atoms with E-state index in [1.54, 1.807) is 30.3 Å². The highest BCUT2D eigenvalue weighted by atomic mass is 32.2. The topological polar surface area (TPSA) is 141 Å². The monoisotopic (exact) mass is 507 g/mol. The van der Waals surface area contributed by atoms with Gasteiger partial charge in [-0.1, -0.05) is 42.5 Å². The molecule has 3 aromatic carbocycles. The van der Waals surface area contributed by atoms with Crippen molar-refractivity contribution in [3.63, 3.8) is 0 Å². The standard InChI is InChI=1S/C26H25N3O6S/c1-2-34-22-14-8-12-19(25(22)21-15-17-9-6-7-13-20(17)28-21)26(31)35-24(30)16-23(27)29-36(32,33)18-10-4-3-5-11-18/h3-15,23,28-29H,2,16,27H2,1H3/t23-/m0/s1. The number of carbonyl (C=O) groups excluding carboxylic acids is 2. The van der Waals surface area contributed by atoms with Crippen molar-refractivity contribution >= 4 is 32.9 Å². The van der Waals surface area contributed by atoms with Gasteiger partial charge in [-0.25, -0.2) is 13.2 Å². The van der Waals surface area contributed by atoms with E-state index in [1.165, 1.54) is 18.2 Å². The molecule has 0 spiro atoms. The van der Waals surface area contributed by atoms with Crippen LogP contribution in [0.2, 0.25) is 0 Å². The van der Waals surface area contributed by atoms with Crippen LogP contribution in [0.1, 0.15) is 23.7 Å². The first kappa shape index (κ1) is 25.1. The van der Waals surface area contributed by atoms with E-state index in [2.05, 4.69) is 9.71 Å². The molecule has 36 heavy (non-hydrogen) atoms. The molecule has 0 saturated carbocycles. The Labute approximate surface area is 208 Å². The lowest BCUT2D eigenvalue weighted by Crippen LogP contribution is -2.43. The number of aromatic nitrogens is 1.